The third kappa shape index (κ3) is 2.43. The van der Waals surface area contributed by atoms with E-state index in [4.69, 9.17) is 16.3 Å². The largest absolute Gasteiger partial charge is 0.496 e. The zero-order valence-corrected chi connectivity index (χ0v) is 12.6. The molecule has 0 unspecified atom stereocenters. The van der Waals surface area contributed by atoms with E-state index in [1.807, 2.05) is 26.8 Å². The van der Waals surface area contributed by atoms with E-state index in [1.54, 1.807) is 7.11 Å². The molecule has 0 atom stereocenters. The molecule has 0 bridgehead atoms. The smallest absolute Gasteiger partial charge is 0.154 e. The Hall–Kier alpha value is -1.61. The maximum Gasteiger partial charge on any atom is 0.154 e. The Morgan fingerprint density at radius 2 is 1.68 bits per heavy atom. The minimum absolute atomic E-state index is 0.449. The van der Waals surface area contributed by atoms with Crippen LogP contribution in [-0.4, -0.2) is 17.3 Å². The Balaban J connectivity index is 2.76. The number of methoxy groups -OCH3 is 1. The molecule has 1 heterocycles. The van der Waals surface area contributed by atoms with Gasteiger partial charge in [0, 0.05) is 5.56 Å². The molecule has 0 N–H and O–H groups in total. The summed E-state index contributed by atoms with van der Waals surface area (Å²) >= 11 is 6.01. The van der Waals surface area contributed by atoms with Crippen LogP contribution in [0.25, 0.3) is 11.3 Å². The first kappa shape index (κ1) is 13.8. The number of aryl methyl sites for hydroxylation is 2. The summed E-state index contributed by atoms with van der Waals surface area (Å²) in [5.74, 6) is 0.816. The summed E-state index contributed by atoms with van der Waals surface area (Å²) in [7, 11) is 1.67. The minimum atomic E-state index is 0.449. The fourth-order valence-corrected chi connectivity index (χ4v) is 2.39. The summed E-state index contributed by atoms with van der Waals surface area (Å²) in [4.78, 5) is 0. The van der Waals surface area contributed by atoms with E-state index < -0.39 is 0 Å². The van der Waals surface area contributed by atoms with Gasteiger partial charge < -0.3 is 4.74 Å². The molecule has 1 aromatic carbocycles. The fraction of sp³-hybridized carbons (Fsp3) is 0.333. The summed E-state index contributed by atoms with van der Waals surface area (Å²) in [6.45, 7) is 8.05. The second-order valence-corrected chi connectivity index (χ2v) is 5.11. The molecule has 0 amide bonds. The summed E-state index contributed by atoms with van der Waals surface area (Å²) in [5.41, 5.74) is 6.08. The average Bonchev–Trinajstić information content (AvgIpc) is 2.37. The molecular weight excluding hydrogens is 260 g/mol. The van der Waals surface area contributed by atoms with Crippen molar-refractivity contribution in [2.24, 2.45) is 0 Å². The summed E-state index contributed by atoms with van der Waals surface area (Å²) < 4.78 is 5.49. The first-order chi connectivity index (χ1) is 8.95. The van der Waals surface area contributed by atoms with Gasteiger partial charge in [0.15, 0.2) is 5.15 Å². The second kappa shape index (κ2) is 5.17. The van der Waals surface area contributed by atoms with E-state index in [2.05, 4.69) is 23.2 Å². The van der Waals surface area contributed by atoms with Crippen molar-refractivity contribution in [1.82, 2.24) is 10.2 Å². The number of rotatable bonds is 2. The number of nitrogens with zero attached hydrogens (tertiary/aromatic N) is 2. The van der Waals surface area contributed by atoms with Crippen molar-refractivity contribution in [3.63, 3.8) is 0 Å². The molecule has 0 spiro atoms. The van der Waals surface area contributed by atoms with Crippen LogP contribution in [-0.2, 0) is 0 Å². The van der Waals surface area contributed by atoms with Crippen LogP contribution in [0.4, 0.5) is 0 Å². The number of benzene rings is 1. The molecule has 0 radical (unpaired) electrons. The van der Waals surface area contributed by atoms with Crippen LogP contribution >= 0.6 is 11.6 Å². The highest BCUT2D eigenvalue weighted by Gasteiger charge is 2.16. The van der Waals surface area contributed by atoms with Gasteiger partial charge in [-0.3, -0.25) is 0 Å². The lowest BCUT2D eigenvalue weighted by Crippen LogP contribution is -2.00. The third-order valence-electron chi connectivity index (χ3n) is 3.37. The number of halogens is 1. The van der Waals surface area contributed by atoms with Gasteiger partial charge in [0.25, 0.3) is 0 Å². The number of aromatic nitrogens is 2. The SMILES string of the molecule is COc1cc(C)cc(C)c1-c1nnc(Cl)c(C)c1C. The van der Waals surface area contributed by atoms with Gasteiger partial charge >= 0.3 is 0 Å². The molecule has 0 saturated heterocycles. The van der Waals surface area contributed by atoms with Crippen molar-refractivity contribution in [3.05, 3.63) is 39.5 Å². The van der Waals surface area contributed by atoms with Gasteiger partial charge in [-0.1, -0.05) is 17.7 Å². The fourth-order valence-electron chi connectivity index (χ4n) is 2.21. The van der Waals surface area contributed by atoms with E-state index in [0.717, 1.165) is 39.3 Å². The molecule has 0 saturated carbocycles. The first-order valence-electron chi connectivity index (χ1n) is 6.10. The van der Waals surface area contributed by atoms with Gasteiger partial charge in [0.1, 0.15) is 11.4 Å². The predicted octanol–water partition coefficient (Wildman–Crippen LogP) is 4.04. The van der Waals surface area contributed by atoms with E-state index in [1.165, 1.54) is 0 Å². The molecule has 1 aromatic heterocycles. The Morgan fingerprint density at radius 3 is 2.32 bits per heavy atom. The zero-order chi connectivity index (χ0) is 14.2. The lowest BCUT2D eigenvalue weighted by atomic mass is 9.97. The summed E-state index contributed by atoms with van der Waals surface area (Å²) in [5, 5.41) is 8.71. The van der Waals surface area contributed by atoms with E-state index in [-0.39, 0.29) is 0 Å². The van der Waals surface area contributed by atoms with Crippen LogP contribution in [0.3, 0.4) is 0 Å². The lowest BCUT2D eigenvalue weighted by Gasteiger charge is -2.15. The van der Waals surface area contributed by atoms with Crippen LogP contribution in [0.1, 0.15) is 22.3 Å². The Bertz CT molecular complexity index is 639. The van der Waals surface area contributed by atoms with Crippen LogP contribution in [0, 0.1) is 27.7 Å². The quantitative estimate of drug-likeness (QED) is 0.830. The number of hydrogen-bond donors (Lipinski definition) is 0. The monoisotopic (exact) mass is 276 g/mol. The van der Waals surface area contributed by atoms with Gasteiger partial charge in [0.2, 0.25) is 0 Å². The van der Waals surface area contributed by atoms with Crippen LogP contribution in [0.2, 0.25) is 5.15 Å². The molecule has 2 aromatic rings. The van der Waals surface area contributed by atoms with Gasteiger partial charge in [-0.2, -0.15) is 0 Å². The van der Waals surface area contributed by atoms with Crippen molar-refractivity contribution >= 4 is 11.6 Å². The van der Waals surface area contributed by atoms with Crippen molar-refractivity contribution in [1.29, 1.82) is 0 Å². The van der Waals surface area contributed by atoms with Gasteiger partial charge in [0.05, 0.1) is 7.11 Å². The Morgan fingerprint density at radius 1 is 1.00 bits per heavy atom. The maximum absolute atomic E-state index is 6.01. The van der Waals surface area contributed by atoms with Crippen LogP contribution in [0.5, 0.6) is 5.75 Å². The maximum atomic E-state index is 6.01. The summed E-state index contributed by atoms with van der Waals surface area (Å²) in [6.07, 6.45) is 0. The molecule has 0 aliphatic rings. The first-order valence-corrected chi connectivity index (χ1v) is 6.48. The van der Waals surface area contributed by atoms with Crippen molar-refractivity contribution < 1.29 is 4.74 Å². The highest BCUT2D eigenvalue weighted by molar-refractivity contribution is 6.30. The standard InChI is InChI=1S/C15H17ClN2O/c1-8-6-9(2)13(12(7-8)19-5)14-10(3)11(4)15(16)18-17-14/h6-7H,1-5H3. The van der Waals surface area contributed by atoms with Gasteiger partial charge in [-0.25, -0.2) is 0 Å². The van der Waals surface area contributed by atoms with E-state index in [0.29, 0.717) is 5.15 Å². The van der Waals surface area contributed by atoms with Gasteiger partial charge in [-0.15, -0.1) is 10.2 Å². The molecule has 3 nitrogen and oxygen atoms in total. The van der Waals surface area contributed by atoms with Gasteiger partial charge in [-0.05, 0) is 56.0 Å². The lowest BCUT2D eigenvalue weighted by molar-refractivity contribution is 0.415. The zero-order valence-electron chi connectivity index (χ0n) is 11.8. The van der Waals surface area contributed by atoms with E-state index in [9.17, 15) is 0 Å². The topological polar surface area (TPSA) is 35.0 Å². The highest BCUT2D eigenvalue weighted by atomic mass is 35.5. The number of hydrogen-bond acceptors (Lipinski definition) is 3. The molecule has 0 aliphatic heterocycles. The molecule has 19 heavy (non-hydrogen) atoms. The Labute approximate surface area is 118 Å². The van der Waals surface area contributed by atoms with Crippen molar-refractivity contribution in [2.45, 2.75) is 27.7 Å². The second-order valence-electron chi connectivity index (χ2n) is 4.75. The average molecular weight is 277 g/mol. The Kier molecular flexibility index (Phi) is 3.76. The number of ether oxygens (including phenoxy) is 1. The molecular formula is C15H17ClN2O. The molecule has 0 aliphatic carbocycles. The van der Waals surface area contributed by atoms with Crippen LogP contribution < -0.4 is 4.74 Å². The molecule has 2 rings (SSSR count). The minimum Gasteiger partial charge on any atom is -0.496 e. The molecule has 4 heteroatoms. The predicted molar refractivity (Wildman–Crippen MR) is 78.0 cm³/mol. The van der Waals surface area contributed by atoms with Crippen LogP contribution in [0.15, 0.2) is 12.1 Å². The molecule has 100 valence electrons. The van der Waals surface area contributed by atoms with E-state index >= 15 is 0 Å². The molecule has 0 fully saturated rings. The van der Waals surface area contributed by atoms with Crippen molar-refractivity contribution in [3.8, 4) is 17.0 Å². The third-order valence-corrected chi connectivity index (χ3v) is 3.72. The van der Waals surface area contributed by atoms with Crippen molar-refractivity contribution in [2.75, 3.05) is 7.11 Å². The normalized spacial score (nSPS) is 10.6. The summed E-state index contributed by atoms with van der Waals surface area (Å²) in [6, 6.07) is 4.12. The highest BCUT2D eigenvalue weighted by Crippen LogP contribution is 2.36.